The molecular weight excluding hydrogens is 625 g/mol. The average molecular weight is 666 g/mol. The van der Waals surface area contributed by atoms with Crippen LogP contribution in [-0.4, -0.2) is 84.9 Å². The molecule has 2 amide bonds. The van der Waals surface area contributed by atoms with E-state index in [9.17, 15) is 31.5 Å². The summed E-state index contributed by atoms with van der Waals surface area (Å²) in [6.45, 7) is 3.42. The van der Waals surface area contributed by atoms with Gasteiger partial charge < -0.3 is 15.5 Å². The molecule has 1 aliphatic carbocycles. The molecule has 2 N–H and O–H groups in total. The Morgan fingerprint density at radius 3 is 2.66 bits per heavy atom. The molecule has 47 heavy (non-hydrogen) atoms. The van der Waals surface area contributed by atoms with E-state index in [1.165, 1.54) is 10.7 Å². The second-order valence-corrected chi connectivity index (χ2v) is 13.3. The number of carbonyl (C=O) groups excluding carboxylic acids is 2. The first-order valence-corrected chi connectivity index (χ1v) is 16.3. The lowest BCUT2D eigenvalue weighted by atomic mass is 9.81. The van der Waals surface area contributed by atoms with Gasteiger partial charge in [-0.1, -0.05) is 0 Å². The van der Waals surface area contributed by atoms with Crippen LogP contribution in [0.1, 0.15) is 91.4 Å². The number of carbonyl (C=O) groups is 2. The number of likely N-dealkylation sites (tertiary alicyclic amines) is 1. The molecule has 16 heteroatoms. The van der Waals surface area contributed by atoms with E-state index in [-0.39, 0.29) is 56.1 Å². The highest BCUT2D eigenvalue weighted by Gasteiger charge is 2.45. The first-order chi connectivity index (χ1) is 22.3. The third-order valence-corrected chi connectivity index (χ3v) is 9.90. The van der Waals surface area contributed by atoms with Gasteiger partial charge in [-0.15, -0.1) is 0 Å². The Hall–Kier alpha value is -3.69. The summed E-state index contributed by atoms with van der Waals surface area (Å²) in [5.74, 6) is -6.41. The Labute approximate surface area is 268 Å². The van der Waals surface area contributed by atoms with Gasteiger partial charge in [-0.2, -0.15) is 23.4 Å². The molecule has 3 aromatic rings. The Morgan fingerprint density at radius 1 is 1.19 bits per heavy atom. The quantitative estimate of drug-likeness (QED) is 0.344. The van der Waals surface area contributed by atoms with Crippen molar-refractivity contribution >= 4 is 17.6 Å². The van der Waals surface area contributed by atoms with Crippen molar-refractivity contribution in [2.24, 2.45) is 17.8 Å². The van der Waals surface area contributed by atoms with Crippen LogP contribution in [0.15, 0.2) is 18.5 Å². The summed E-state index contributed by atoms with van der Waals surface area (Å²) in [4.78, 5) is 38.0. The maximum atomic E-state index is 14.2. The molecule has 6 rings (SSSR count). The maximum Gasteiger partial charge on any atom is 0.393 e. The van der Waals surface area contributed by atoms with Crippen LogP contribution in [0.25, 0.3) is 5.78 Å². The van der Waals surface area contributed by atoms with Gasteiger partial charge in [-0.05, 0) is 64.6 Å². The fourth-order valence-corrected chi connectivity index (χ4v) is 7.28. The Bertz CT molecular complexity index is 1600. The number of aromatic nitrogens is 6. The van der Waals surface area contributed by atoms with Crippen molar-refractivity contribution < 1.29 is 31.5 Å². The van der Waals surface area contributed by atoms with E-state index in [1.54, 1.807) is 16.9 Å². The molecule has 3 aromatic heterocycles. The molecule has 3 fully saturated rings. The van der Waals surface area contributed by atoms with Crippen LogP contribution in [0, 0.1) is 17.8 Å². The van der Waals surface area contributed by atoms with Gasteiger partial charge in [-0.3, -0.25) is 14.3 Å². The van der Waals surface area contributed by atoms with Crippen molar-refractivity contribution in [2.45, 2.75) is 88.9 Å². The number of piperidine rings is 2. The molecular formula is C31H40F5N9O2. The number of nitrogens with one attached hydrogen (secondary N) is 2. The fraction of sp³-hybridized carbons (Fsp3) is 0.677. The largest absolute Gasteiger partial charge is 0.393 e. The molecule has 2 saturated heterocycles. The summed E-state index contributed by atoms with van der Waals surface area (Å²) in [6.07, 6.45) is -0.304. The maximum absolute atomic E-state index is 14.2. The molecule has 0 radical (unpaired) electrons. The third kappa shape index (κ3) is 7.26. The number of rotatable bonds is 8. The van der Waals surface area contributed by atoms with Crippen LogP contribution in [0.4, 0.5) is 22.0 Å². The van der Waals surface area contributed by atoms with Gasteiger partial charge in [0, 0.05) is 56.9 Å². The number of amides is 2. The smallest absolute Gasteiger partial charge is 0.355 e. The summed E-state index contributed by atoms with van der Waals surface area (Å²) >= 11 is 0. The van der Waals surface area contributed by atoms with E-state index < -0.39 is 48.3 Å². The van der Waals surface area contributed by atoms with Gasteiger partial charge in [-0.25, -0.2) is 23.3 Å². The molecule has 11 nitrogen and oxygen atoms in total. The molecule has 0 unspecified atom stereocenters. The van der Waals surface area contributed by atoms with E-state index >= 15 is 0 Å². The van der Waals surface area contributed by atoms with Crippen LogP contribution >= 0.6 is 0 Å². The molecule has 0 bridgehead atoms. The molecule has 1 saturated carbocycles. The van der Waals surface area contributed by atoms with Crippen LogP contribution < -0.4 is 10.6 Å². The molecule has 0 spiro atoms. The van der Waals surface area contributed by atoms with E-state index in [0.29, 0.717) is 35.9 Å². The van der Waals surface area contributed by atoms with Gasteiger partial charge in [0.25, 0.3) is 11.7 Å². The fourth-order valence-electron chi connectivity index (χ4n) is 7.28. The summed E-state index contributed by atoms with van der Waals surface area (Å²) in [7, 11) is 1.99. The predicted octanol–water partition coefficient (Wildman–Crippen LogP) is 4.30. The summed E-state index contributed by atoms with van der Waals surface area (Å²) in [5, 5.41) is 14.4. The third-order valence-electron chi connectivity index (χ3n) is 9.90. The van der Waals surface area contributed by atoms with Gasteiger partial charge in [0.05, 0.1) is 35.2 Å². The normalized spacial score (nSPS) is 25.1. The first-order valence-electron chi connectivity index (χ1n) is 16.3. The van der Waals surface area contributed by atoms with Crippen LogP contribution in [0.5, 0.6) is 0 Å². The monoisotopic (exact) mass is 665 g/mol. The molecule has 0 aromatic carbocycles. The molecule has 256 valence electrons. The lowest BCUT2D eigenvalue weighted by Gasteiger charge is -2.33. The van der Waals surface area contributed by atoms with Crippen LogP contribution in [0.2, 0.25) is 0 Å². The minimum atomic E-state index is -4.44. The van der Waals surface area contributed by atoms with Gasteiger partial charge in [0.15, 0.2) is 0 Å². The number of alkyl halides is 5. The Kier molecular flexibility index (Phi) is 9.24. The van der Waals surface area contributed by atoms with Gasteiger partial charge >= 0.3 is 6.18 Å². The topological polar surface area (TPSA) is 122 Å². The molecule has 5 heterocycles. The minimum absolute atomic E-state index is 0.0245. The lowest BCUT2D eigenvalue weighted by Crippen LogP contribution is -2.47. The summed E-state index contributed by atoms with van der Waals surface area (Å²) in [5.41, 5.74) is 1.74. The zero-order valence-electron chi connectivity index (χ0n) is 26.4. The number of imidazole rings is 1. The SMILES string of the molecule is CCn1nccc1C(=O)N[C@H](c1cn2nc(C[C@H]3C[C@@H](C(F)(F)F)CNC3=O)c([C@H]3CCCN(C)C3)nc2n1)C1CCC(F)(F)CC1. The number of aryl methyl sites for hydroxylation is 1. The summed E-state index contributed by atoms with van der Waals surface area (Å²) in [6, 6.07) is 0.856. The van der Waals surface area contributed by atoms with Gasteiger partial charge in [0.1, 0.15) is 5.69 Å². The van der Waals surface area contributed by atoms with E-state index in [0.717, 1.165) is 19.4 Å². The zero-order chi connectivity index (χ0) is 33.5. The zero-order valence-corrected chi connectivity index (χ0v) is 26.4. The predicted molar refractivity (Wildman–Crippen MR) is 160 cm³/mol. The standard InChI is InChI=1S/C31H40F5N9O2/c1-3-44-24(8-11-38-44)28(47)40-25(18-6-9-30(32,33)10-7-18)23-17-45-29(39-23)41-26(19-5-4-12-43(2)16-19)22(42-45)14-20-13-21(31(34,35)36)15-37-27(20)46/h8,11,17-21,25H,3-7,9-10,12-16H2,1-2H3,(H,37,46)(H,40,47)/t19-,20+,21+,25-/m0/s1. The summed E-state index contributed by atoms with van der Waals surface area (Å²) < 4.78 is 72.2. The number of nitrogens with zero attached hydrogens (tertiary/aromatic N) is 7. The number of hydrogen-bond donors (Lipinski definition) is 2. The van der Waals surface area contributed by atoms with Crippen molar-refractivity contribution in [3.05, 3.63) is 41.2 Å². The van der Waals surface area contributed by atoms with E-state index in [4.69, 9.17) is 15.1 Å². The van der Waals surface area contributed by atoms with E-state index in [1.807, 2.05) is 14.0 Å². The first kappa shape index (κ1) is 33.2. The number of hydrogen-bond acceptors (Lipinski definition) is 7. The van der Waals surface area contributed by atoms with Gasteiger partial charge in [0.2, 0.25) is 11.8 Å². The highest BCUT2D eigenvalue weighted by molar-refractivity contribution is 5.92. The van der Waals surface area contributed by atoms with Crippen molar-refractivity contribution in [1.29, 1.82) is 0 Å². The van der Waals surface area contributed by atoms with Crippen LogP contribution in [-0.2, 0) is 17.8 Å². The Morgan fingerprint density at radius 2 is 1.96 bits per heavy atom. The molecule has 2 aliphatic heterocycles. The second kappa shape index (κ2) is 13.1. The molecule has 4 atom stereocenters. The Balaban J connectivity index is 1.37. The molecule has 3 aliphatic rings. The highest BCUT2D eigenvalue weighted by atomic mass is 19.4. The minimum Gasteiger partial charge on any atom is -0.355 e. The van der Waals surface area contributed by atoms with Crippen molar-refractivity contribution in [3.8, 4) is 0 Å². The lowest BCUT2D eigenvalue weighted by molar-refractivity contribution is -0.183. The van der Waals surface area contributed by atoms with Crippen molar-refractivity contribution in [3.63, 3.8) is 0 Å². The van der Waals surface area contributed by atoms with Crippen molar-refractivity contribution in [2.75, 3.05) is 26.7 Å². The number of fused-ring (bicyclic) bond motifs is 1. The highest BCUT2D eigenvalue weighted by Crippen LogP contribution is 2.42. The number of likely N-dealkylation sites (N-methyl/N-ethyl adjacent to an activating group) is 1. The van der Waals surface area contributed by atoms with Crippen LogP contribution in [0.3, 0.4) is 0 Å². The second-order valence-electron chi connectivity index (χ2n) is 13.3. The van der Waals surface area contributed by atoms with E-state index in [2.05, 4.69) is 20.6 Å². The van der Waals surface area contributed by atoms with Crippen molar-refractivity contribution in [1.82, 2.24) is 44.9 Å². The number of halogens is 5. The average Bonchev–Trinajstić information content (AvgIpc) is 3.67.